The SMILES string of the molecule is Cc1cc([C@H]2CCCN2C(=O)[C@H]2COc3ccc(Cl)cc3C2)no1. The first-order valence-corrected chi connectivity index (χ1v) is 8.64. The van der Waals surface area contributed by atoms with Crippen LogP contribution in [0.4, 0.5) is 0 Å². The van der Waals surface area contributed by atoms with Crippen LogP contribution in [-0.2, 0) is 11.2 Å². The summed E-state index contributed by atoms with van der Waals surface area (Å²) in [7, 11) is 0. The number of nitrogens with zero attached hydrogens (tertiary/aromatic N) is 2. The van der Waals surface area contributed by atoms with Crippen LogP contribution < -0.4 is 4.74 Å². The van der Waals surface area contributed by atoms with Gasteiger partial charge in [-0.05, 0) is 49.9 Å². The van der Waals surface area contributed by atoms with E-state index in [4.69, 9.17) is 20.9 Å². The van der Waals surface area contributed by atoms with Crippen molar-refractivity contribution in [2.75, 3.05) is 13.2 Å². The van der Waals surface area contributed by atoms with Crippen molar-refractivity contribution < 1.29 is 14.1 Å². The number of likely N-dealkylation sites (tertiary alicyclic amines) is 1. The van der Waals surface area contributed by atoms with E-state index >= 15 is 0 Å². The minimum atomic E-state index is -0.176. The van der Waals surface area contributed by atoms with Crippen LogP contribution in [-0.4, -0.2) is 29.1 Å². The lowest BCUT2D eigenvalue weighted by atomic mass is 9.95. The molecule has 4 rings (SSSR count). The fraction of sp³-hybridized carbons (Fsp3) is 0.444. The van der Waals surface area contributed by atoms with E-state index in [1.807, 2.05) is 36.1 Å². The second-order valence-corrected chi connectivity index (χ2v) is 6.95. The van der Waals surface area contributed by atoms with Crippen molar-refractivity contribution in [1.29, 1.82) is 0 Å². The van der Waals surface area contributed by atoms with E-state index in [0.717, 1.165) is 42.2 Å². The molecule has 2 aliphatic heterocycles. The zero-order valence-corrected chi connectivity index (χ0v) is 14.3. The first-order chi connectivity index (χ1) is 11.6. The van der Waals surface area contributed by atoms with Crippen LogP contribution >= 0.6 is 11.6 Å². The fourth-order valence-corrected chi connectivity index (χ4v) is 3.83. The molecule has 24 heavy (non-hydrogen) atoms. The first-order valence-electron chi connectivity index (χ1n) is 8.27. The third-order valence-electron chi connectivity index (χ3n) is 4.80. The summed E-state index contributed by atoms with van der Waals surface area (Å²) in [5.74, 6) is 1.55. The molecule has 0 unspecified atom stereocenters. The highest BCUT2D eigenvalue weighted by molar-refractivity contribution is 6.30. The van der Waals surface area contributed by atoms with Gasteiger partial charge in [0.2, 0.25) is 5.91 Å². The number of carbonyl (C=O) groups is 1. The number of hydrogen-bond acceptors (Lipinski definition) is 4. The molecule has 0 bridgehead atoms. The summed E-state index contributed by atoms with van der Waals surface area (Å²) in [6.07, 6.45) is 2.57. The summed E-state index contributed by atoms with van der Waals surface area (Å²) in [5.41, 5.74) is 1.85. The maximum Gasteiger partial charge on any atom is 0.230 e. The van der Waals surface area contributed by atoms with Gasteiger partial charge in [-0.15, -0.1) is 0 Å². The molecule has 1 amide bonds. The normalized spacial score (nSPS) is 23.0. The van der Waals surface area contributed by atoms with Crippen molar-refractivity contribution in [3.63, 3.8) is 0 Å². The average molecular weight is 347 g/mol. The van der Waals surface area contributed by atoms with Crippen molar-refractivity contribution in [3.05, 3.63) is 46.3 Å². The van der Waals surface area contributed by atoms with Gasteiger partial charge in [-0.3, -0.25) is 4.79 Å². The lowest BCUT2D eigenvalue weighted by Gasteiger charge is -2.30. The maximum absolute atomic E-state index is 13.0. The monoisotopic (exact) mass is 346 g/mol. The first kappa shape index (κ1) is 15.5. The van der Waals surface area contributed by atoms with Crippen molar-refractivity contribution in [2.45, 2.75) is 32.2 Å². The van der Waals surface area contributed by atoms with E-state index in [1.165, 1.54) is 0 Å². The molecule has 1 saturated heterocycles. The summed E-state index contributed by atoms with van der Waals surface area (Å²) in [4.78, 5) is 15.0. The van der Waals surface area contributed by atoms with E-state index in [-0.39, 0.29) is 17.9 Å². The van der Waals surface area contributed by atoms with Gasteiger partial charge in [0.15, 0.2) is 0 Å². The molecular formula is C18H19ClN2O3. The van der Waals surface area contributed by atoms with Crippen LogP contribution in [0, 0.1) is 12.8 Å². The second kappa shape index (κ2) is 6.13. The molecule has 1 fully saturated rings. The fourth-order valence-electron chi connectivity index (χ4n) is 3.64. The Bertz CT molecular complexity index is 773. The van der Waals surface area contributed by atoms with Gasteiger partial charge in [0, 0.05) is 17.6 Å². The summed E-state index contributed by atoms with van der Waals surface area (Å²) in [6.45, 7) is 3.04. The number of aromatic nitrogens is 1. The third kappa shape index (κ3) is 2.77. The number of aryl methyl sites for hydroxylation is 1. The number of benzene rings is 1. The molecule has 3 heterocycles. The average Bonchev–Trinajstić information content (AvgIpc) is 3.22. The standard InChI is InChI=1S/C18H19ClN2O3/c1-11-7-15(20-24-11)16-3-2-6-21(16)18(22)13-8-12-9-14(19)4-5-17(12)23-10-13/h4-5,7,9,13,16H,2-3,6,8,10H2,1H3/t13-,16-/m1/s1. The van der Waals surface area contributed by atoms with Gasteiger partial charge >= 0.3 is 0 Å². The van der Waals surface area contributed by atoms with E-state index in [9.17, 15) is 4.79 Å². The zero-order valence-electron chi connectivity index (χ0n) is 13.5. The highest BCUT2D eigenvalue weighted by Crippen LogP contribution is 2.35. The molecule has 126 valence electrons. The van der Waals surface area contributed by atoms with E-state index < -0.39 is 0 Å². The zero-order chi connectivity index (χ0) is 16.7. The van der Waals surface area contributed by atoms with Crippen molar-refractivity contribution in [3.8, 4) is 5.75 Å². The van der Waals surface area contributed by atoms with Crippen LogP contribution in [0.1, 0.15) is 35.9 Å². The predicted molar refractivity (Wildman–Crippen MR) is 89.1 cm³/mol. The Balaban J connectivity index is 1.53. The molecule has 5 nitrogen and oxygen atoms in total. The molecule has 0 aliphatic carbocycles. The van der Waals surface area contributed by atoms with E-state index in [2.05, 4.69) is 5.16 Å². The number of carbonyl (C=O) groups excluding carboxylic acids is 1. The quantitative estimate of drug-likeness (QED) is 0.834. The van der Waals surface area contributed by atoms with Gasteiger partial charge in [-0.25, -0.2) is 0 Å². The second-order valence-electron chi connectivity index (χ2n) is 6.52. The number of halogens is 1. The molecule has 0 saturated carbocycles. The Morgan fingerprint density at radius 2 is 2.25 bits per heavy atom. The molecule has 1 aromatic carbocycles. The predicted octanol–water partition coefficient (Wildman–Crippen LogP) is 3.55. The van der Waals surface area contributed by atoms with Crippen LogP contribution in [0.5, 0.6) is 5.75 Å². The molecule has 2 atom stereocenters. The minimum absolute atomic E-state index is 0.00992. The van der Waals surface area contributed by atoms with Crippen molar-refractivity contribution >= 4 is 17.5 Å². The number of fused-ring (bicyclic) bond motifs is 1. The summed E-state index contributed by atoms with van der Waals surface area (Å²) in [6, 6.07) is 7.50. The number of ether oxygens (including phenoxy) is 1. The highest BCUT2D eigenvalue weighted by Gasteiger charge is 2.37. The van der Waals surface area contributed by atoms with Crippen LogP contribution in [0.25, 0.3) is 0 Å². The Labute approximate surface area is 145 Å². The van der Waals surface area contributed by atoms with Crippen LogP contribution in [0.15, 0.2) is 28.8 Å². The molecule has 2 aromatic rings. The summed E-state index contributed by atoms with van der Waals surface area (Å²) in [5, 5.41) is 4.77. The van der Waals surface area contributed by atoms with Gasteiger partial charge in [0.1, 0.15) is 23.8 Å². The minimum Gasteiger partial charge on any atom is -0.492 e. The summed E-state index contributed by atoms with van der Waals surface area (Å²) < 4.78 is 11.0. The summed E-state index contributed by atoms with van der Waals surface area (Å²) >= 11 is 6.07. The van der Waals surface area contributed by atoms with Crippen molar-refractivity contribution in [1.82, 2.24) is 10.1 Å². The van der Waals surface area contributed by atoms with Gasteiger partial charge in [-0.2, -0.15) is 0 Å². The topological polar surface area (TPSA) is 55.6 Å². The molecule has 0 spiro atoms. The third-order valence-corrected chi connectivity index (χ3v) is 5.04. The largest absolute Gasteiger partial charge is 0.492 e. The van der Waals surface area contributed by atoms with Gasteiger partial charge in [-0.1, -0.05) is 16.8 Å². The van der Waals surface area contributed by atoms with Crippen LogP contribution in [0.3, 0.4) is 0 Å². The molecule has 1 aromatic heterocycles. The Kier molecular flexibility index (Phi) is 3.96. The van der Waals surface area contributed by atoms with Crippen LogP contribution in [0.2, 0.25) is 5.02 Å². The smallest absolute Gasteiger partial charge is 0.230 e. The Hall–Kier alpha value is -2.01. The number of hydrogen-bond donors (Lipinski definition) is 0. The van der Waals surface area contributed by atoms with Crippen molar-refractivity contribution in [2.24, 2.45) is 5.92 Å². The van der Waals surface area contributed by atoms with E-state index in [0.29, 0.717) is 18.1 Å². The maximum atomic E-state index is 13.0. The number of rotatable bonds is 2. The molecule has 0 N–H and O–H groups in total. The Morgan fingerprint density at radius 3 is 3.04 bits per heavy atom. The number of amides is 1. The molecular weight excluding hydrogens is 328 g/mol. The van der Waals surface area contributed by atoms with Gasteiger partial charge < -0.3 is 14.2 Å². The highest BCUT2D eigenvalue weighted by atomic mass is 35.5. The lowest BCUT2D eigenvalue weighted by Crippen LogP contribution is -2.40. The molecule has 6 heteroatoms. The molecule has 0 radical (unpaired) electrons. The Morgan fingerprint density at radius 1 is 1.38 bits per heavy atom. The lowest BCUT2D eigenvalue weighted by molar-refractivity contribution is -0.138. The van der Waals surface area contributed by atoms with E-state index in [1.54, 1.807) is 0 Å². The molecule has 2 aliphatic rings. The van der Waals surface area contributed by atoms with Gasteiger partial charge in [0.05, 0.1) is 12.0 Å². The van der Waals surface area contributed by atoms with Gasteiger partial charge in [0.25, 0.3) is 0 Å².